The van der Waals surface area contributed by atoms with E-state index in [0.717, 1.165) is 22.4 Å². The number of aryl methyl sites for hydroxylation is 1. The molecular weight excluding hydrogens is 322 g/mol. The molecule has 0 spiro atoms. The summed E-state index contributed by atoms with van der Waals surface area (Å²) in [6.45, 7) is 2.35. The van der Waals surface area contributed by atoms with Gasteiger partial charge in [0.05, 0.1) is 19.1 Å². The fourth-order valence-electron chi connectivity index (χ4n) is 2.86. The van der Waals surface area contributed by atoms with E-state index in [-0.39, 0.29) is 11.9 Å². The van der Waals surface area contributed by atoms with Gasteiger partial charge in [0.2, 0.25) is 5.91 Å². The molecule has 0 saturated heterocycles. The van der Waals surface area contributed by atoms with Gasteiger partial charge in [-0.05, 0) is 29.7 Å². The van der Waals surface area contributed by atoms with Gasteiger partial charge in [0, 0.05) is 0 Å². The monoisotopic (exact) mass is 345 g/mol. The second kappa shape index (κ2) is 8.86. The third kappa shape index (κ3) is 4.73. The summed E-state index contributed by atoms with van der Waals surface area (Å²) in [7, 11) is 0. The Balaban J connectivity index is 1.63. The molecule has 3 aromatic rings. The van der Waals surface area contributed by atoms with Crippen LogP contribution >= 0.6 is 0 Å². The van der Waals surface area contributed by atoms with Gasteiger partial charge < -0.3 is 10.1 Å². The van der Waals surface area contributed by atoms with Gasteiger partial charge in [-0.15, -0.1) is 0 Å². The van der Waals surface area contributed by atoms with Crippen molar-refractivity contribution in [1.82, 2.24) is 5.32 Å². The molecule has 0 radical (unpaired) electrons. The zero-order valence-electron chi connectivity index (χ0n) is 14.9. The quantitative estimate of drug-likeness (QED) is 0.676. The van der Waals surface area contributed by atoms with Crippen molar-refractivity contribution < 1.29 is 9.53 Å². The molecule has 3 rings (SSSR count). The van der Waals surface area contributed by atoms with Crippen molar-refractivity contribution in [3.63, 3.8) is 0 Å². The highest BCUT2D eigenvalue weighted by molar-refractivity contribution is 5.77. The fraction of sp³-hybridized carbons (Fsp3) is 0.174. The first-order valence-corrected chi connectivity index (χ1v) is 8.82. The summed E-state index contributed by atoms with van der Waals surface area (Å²) in [5.74, 6) is 0.791. The smallest absolute Gasteiger partial charge is 0.224 e. The molecular formula is C23H23NO2. The fourth-order valence-corrected chi connectivity index (χ4v) is 2.86. The molecule has 0 heterocycles. The number of carbonyl (C=O) groups excluding carboxylic acids is 1. The van der Waals surface area contributed by atoms with Crippen LogP contribution in [-0.2, 0) is 4.79 Å². The van der Waals surface area contributed by atoms with Crippen LogP contribution in [0.15, 0.2) is 84.9 Å². The van der Waals surface area contributed by atoms with Crippen LogP contribution in [0.2, 0.25) is 0 Å². The molecule has 0 bridgehead atoms. The molecule has 0 unspecified atom stereocenters. The molecule has 3 heteroatoms. The van der Waals surface area contributed by atoms with Gasteiger partial charge in [-0.3, -0.25) is 4.79 Å². The van der Waals surface area contributed by atoms with Gasteiger partial charge in [0.25, 0.3) is 0 Å². The van der Waals surface area contributed by atoms with E-state index < -0.39 is 0 Å². The maximum atomic E-state index is 12.5. The van der Waals surface area contributed by atoms with Crippen LogP contribution in [0.4, 0.5) is 0 Å². The van der Waals surface area contributed by atoms with E-state index in [4.69, 9.17) is 4.74 Å². The van der Waals surface area contributed by atoms with E-state index in [0.29, 0.717) is 13.0 Å². The van der Waals surface area contributed by atoms with Crippen molar-refractivity contribution >= 4 is 5.91 Å². The van der Waals surface area contributed by atoms with Crippen molar-refractivity contribution in [2.45, 2.75) is 19.4 Å². The third-order valence-corrected chi connectivity index (χ3v) is 4.25. The van der Waals surface area contributed by atoms with Crippen LogP contribution in [0.5, 0.6) is 5.75 Å². The first-order valence-electron chi connectivity index (χ1n) is 8.82. The normalized spacial score (nSPS) is 10.5. The van der Waals surface area contributed by atoms with Crippen molar-refractivity contribution in [2.75, 3.05) is 6.61 Å². The Labute approximate surface area is 154 Å². The van der Waals surface area contributed by atoms with Crippen LogP contribution < -0.4 is 10.1 Å². The minimum atomic E-state index is -0.164. The molecule has 3 aromatic carbocycles. The van der Waals surface area contributed by atoms with Gasteiger partial charge in [-0.2, -0.15) is 0 Å². The Hall–Kier alpha value is -3.07. The molecule has 26 heavy (non-hydrogen) atoms. The van der Waals surface area contributed by atoms with Crippen LogP contribution in [0, 0.1) is 6.92 Å². The number of hydrogen-bond donors (Lipinski definition) is 1. The van der Waals surface area contributed by atoms with E-state index in [1.54, 1.807) is 0 Å². The molecule has 0 saturated carbocycles. The summed E-state index contributed by atoms with van der Waals surface area (Å²) in [6, 6.07) is 27.7. The van der Waals surface area contributed by atoms with Gasteiger partial charge in [-0.25, -0.2) is 0 Å². The molecule has 0 aliphatic rings. The molecule has 1 N–H and O–H groups in total. The molecule has 3 nitrogen and oxygen atoms in total. The lowest BCUT2D eigenvalue weighted by atomic mass is 9.98. The van der Waals surface area contributed by atoms with Crippen LogP contribution in [0.25, 0.3) is 0 Å². The first-order chi connectivity index (χ1) is 12.7. The van der Waals surface area contributed by atoms with E-state index in [2.05, 4.69) is 5.32 Å². The van der Waals surface area contributed by atoms with Gasteiger partial charge >= 0.3 is 0 Å². The predicted molar refractivity (Wildman–Crippen MR) is 104 cm³/mol. The maximum Gasteiger partial charge on any atom is 0.224 e. The van der Waals surface area contributed by atoms with Gasteiger partial charge in [-0.1, -0.05) is 78.9 Å². The van der Waals surface area contributed by atoms with Gasteiger partial charge in [0.1, 0.15) is 5.75 Å². The molecule has 0 aromatic heterocycles. The number of carbonyl (C=O) groups is 1. The average molecular weight is 345 g/mol. The number of benzene rings is 3. The number of para-hydroxylation sites is 1. The molecule has 132 valence electrons. The number of nitrogens with one attached hydrogen (secondary N) is 1. The molecule has 0 aliphatic carbocycles. The van der Waals surface area contributed by atoms with Crippen molar-refractivity contribution in [1.29, 1.82) is 0 Å². The first kappa shape index (κ1) is 17.7. The van der Waals surface area contributed by atoms with E-state index in [1.807, 2.05) is 91.9 Å². The Morgan fingerprint density at radius 2 is 1.38 bits per heavy atom. The Morgan fingerprint density at radius 1 is 0.846 bits per heavy atom. The SMILES string of the molecule is Cc1ccccc1OCCC(=O)NC(c1ccccc1)c1ccccc1. The predicted octanol–water partition coefficient (Wildman–Crippen LogP) is 4.67. The largest absolute Gasteiger partial charge is 0.493 e. The summed E-state index contributed by atoms with van der Waals surface area (Å²) in [6.07, 6.45) is 0.310. The Morgan fingerprint density at radius 3 is 1.96 bits per heavy atom. The molecule has 0 aliphatic heterocycles. The van der Waals surface area contributed by atoms with Crippen LogP contribution in [0.3, 0.4) is 0 Å². The average Bonchev–Trinajstić information content (AvgIpc) is 2.69. The van der Waals surface area contributed by atoms with Crippen LogP contribution in [0.1, 0.15) is 29.2 Å². The topological polar surface area (TPSA) is 38.3 Å². The summed E-state index contributed by atoms with van der Waals surface area (Å²) < 4.78 is 5.74. The Bertz CT molecular complexity index is 792. The number of rotatable bonds is 7. The second-order valence-corrected chi connectivity index (χ2v) is 6.19. The van der Waals surface area contributed by atoms with E-state index in [1.165, 1.54) is 0 Å². The minimum absolute atomic E-state index is 0.0312. The highest BCUT2D eigenvalue weighted by atomic mass is 16.5. The highest BCUT2D eigenvalue weighted by Gasteiger charge is 2.16. The van der Waals surface area contributed by atoms with Crippen molar-refractivity contribution in [3.8, 4) is 5.75 Å². The van der Waals surface area contributed by atoms with Crippen LogP contribution in [-0.4, -0.2) is 12.5 Å². The van der Waals surface area contributed by atoms with Gasteiger partial charge in [0.15, 0.2) is 0 Å². The number of amides is 1. The third-order valence-electron chi connectivity index (χ3n) is 4.25. The van der Waals surface area contributed by atoms with Crippen molar-refractivity contribution in [2.24, 2.45) is 0 Å². The molecule has 0 atom stereocenters. The second-order valence-electron chi connectivity index (χ2n) is 6.19. The standard InChI is InChI=1S/C23H23NO2/c1-18-10-8-9-15-21(18)26-17-16-22(25)24-23(19-11-4-2-5-12-19)20-13-6-3-7-14-20/h2-15,23H,16-17H2,1H3,(H,24,25). The maximum absolute atomic E-state index is 12.5. The molecule has 0 fully saturated rings. The van der Waals surface area contributed by atoms with Crippen molar-refractivity contribution in [3.05, 3.63) is 102 Å². The minimum Gasteiger partial charge on any atom is -0.493 e. The summed E-state index contributed by atoms with van der Waals surface area (Å²) >= 11 is 0. The lowest BCUT2D eigenvalue weighted by Crippen LogP contribution is -2.30. The Kier molecular flexibility index (Phi) is 6.05. The van der Waals surface area contributed by atoms with E-state index >= 15 is 0 Å². The zero-order chi connectivity index (χ0) is 18.2. The van der Waals surface area contributed by atoms with E-state index in [9.17, 15) is 4.79 Å². The highest BCUT2D eigenvalue weighted by Crippen LogP contribution is 2.22. The zero-order valence-corrected chi connectivity index (χ0v) is 14.9. The lowest BCUT2D eigenvalue weighted by Gasteiger charge is -2.20. The molecule has 1 amide bonds. The summed E-state index contributed by atoms with van der Waals surface area (Å²) in [5.41, 5.74) is 3.19. The number of hydrogen-bond acceptors (Lipinski definition) is 2. The summed E-state index contributed by atoms with van der Waals surface area (Å²) in [5, 5.41) is 3.13. The lowest BCUT2D eigenvalue weighted by molar-refractivity contribution is -0.122. The number of ether oxygens (including phenoxy) is 1. The summed E-state index contributed by atoms with van der Waals surface area (Å²) in [4.78, 5) is 12.5.